The van der Waals surface area contributed by atoms with Gasteiger partial charge in [-0.2, -0.15) is 0 Å². The highest BCUT2D eigenvalue weighted by atomic mass is 16.5. The number of carbonyl (C=O) groups excluding carboxylic acids is 4. The van der Waals surface area contributed by atoms with Crippen molar-refractivity contribution in [2.24, 2.45) is 11.8 Å². The Balaban J connectivity index is 1.55. The minimum atomic E-state index is -0.783. The fourth-order valence-corrected chi connectivity index (χ4v) is 3.23. The fourth-order valence-electron chi connectivity index (χ4n) is 3.23. The number of fused-ring (bicyclic) bond motifs is 1. The van der Waals surface area contributed by atoms with Gasteiger partial charge < -0.3 is 9.47 Å². The molecule has 1 saturated heterocycles. The first kappa shape index (κ1) is 17.8. The summed E-state index contributed by atoms with van der Waals surface area (Å²) < 4.78 is 10.00. The van der Waals surface area contributed by atoms with Crippen molar-refractivity contribution >= 4 is 23.6 Å². The number of carbonyl (C=O) groups is 4. The van der Waals surface area contributed by atoms with Gasteiger partial charge in [0.25, 0.3) is 0 Å². The van der Waals surface area contributed by atoms with Crippen molar-refractivity contribution in [1.29, 1.82) is 0 Å². The average molecular weight is 357 g/mol. The third-order valence-corrected chi connectivity index (χ3v) is 4.64. The van der Waals surface area contributed by atoms with Gasteiger partial charge in [0.1, 0.15) is 12.3 Å². The number of benzene rings is 1. The number of esters is 1. The number of ketones is 1. The number of nitrogens with zero attached hydrogens (tertiary/aromatic N) is 1. The molecule has 136 valence electrons. The largest absolute Gasteiger partial charge is 0.497 e. The monoisotopic (exact) mass is 357 g/mol. The first-order chi connectivity index (χ1) is 12.5. The number of hydrogen-bond donors (Lipinski definition) is 0. The Bertz CT molecular complexity index is 758. The highest BCUT2D eigenvalue weighted by molar-refractivity contribution is 6.07. The Morgan fingerprint density at radius 1 is 1.12 bits per heavy atom. The first-order valence-electron chi connectivity index (χ1n) is 8.34. The molecule has 1 aromatic carbocycles. The molecular formula is C19H19NO6. The number of amides is 2. The summed E-state index contributed by atoms with van der Waals surface area (Å²) in [4.78, 5) is 49.6. The summed E-state index contributed by atoms with van der Waals surface area (Å²) in [5, 5.41) is 0. The number of imide groups is 1. The van der Waals surface area contributed by atoms with Crippen molar-refractivity contribution < 1.29 is 28.7 Å². The highest BCUT2D eigenvalue weighted by Gasteiger charge is 2.47. The lowest BCUT2D eigenvalue weighted by Crippen LogP contribution is -2.37. The summed E-state index contributed by atoms with van der Waals surface area (Å²) in [5.74, 6) is -2.13. The number of hydrogen-bond acceptors (Lipinski definition) is 6. The molecule has 0 spiro atoms. The minimum absolute atomic E-state index is 0.347. The Morgan fingerprint density at radius 2 is 1.77 bits per heavy atom. The Labute approximate surface area is 150 Å². The van der Waals surface area contributed by atoms with Crippen LogP contribution in [0.2, 0.25) is 0 Å². The third kappa shape index (κ3) is 3.51. The molecule has 2 amide bonds. The summed E-state index contributed by atoms with van der Waals surface area (Å²) in [6.07, 6.45) is 4.77. The number of likely N-dealkylation sites (tertiary alicyclic amines) is 1. The molecule has 7 nitrogen and oxygen atoms in total. The van der Waals surface area contributed by atoms with Gasteiger partial charge >= 0.3 is 5.97 Å². The van der Waals surface area contributed by atoms with E-state index in [2.05, 4.69) is 0 Å². The molecule has 1 fully saturated rings. The van der Waals surface area contributed by atoms with Gasteiger partial charge in [-0.3, -0.25) is 24.1 Å². The van der Waals surface area contributed by atoms with Crippen LogP contribution in [0.4, 0.5) is 0 Å². The van der Waals surface area contributed by atoms with E-state index in [1.807, 2.05) is 12.2 Å². The van der Waals surface area contributed by atoms with E-state index < -0.39 is 36.7 Å². The lowest BCUT2D eigenvalue weighted by molar-refractivity contribution is -0.152. The molecule has 26 heavy (non-hydrogen) atoms. The lowest BCUT2D eigenvalue weighted by atomic mass is 9.85. The van der Waals surface area contributed by atoms with E-state index in [0.717, 1.165) is 4.90 Å². The van der Waals surface area contributed by atoms with Crippen molar-refractivity contribution in [2.75, 3.05) is 20.3 Å². The molecule has 2 aliphatic rings. The van der Waals surface area contributed by atoms with E-state index in [4.69, 9.17) is 9.47 Å². The average Bonchev–Trinajstić information content (AvgIpc) is 2.91. The van der Waals surface area contributed by atoms with Gasteiger partial charge in [-0.25, -0.2) is 0 Å². The van der Waals surface area contributed by atoms with E-state index in [1.165, 1.54) is 7.11 Å². The lowest BCUT2D eigenvalue weighted by Gasteiger charge is -2.14. The molecule has 1 aromatic rings. The van der Waals surface area contributed by atoms with Crippen LogP contribution in [0, 0.1) is 11.8 Å². The van der Waals surface area contributed by atoms with Crippen molar-refractivity contribution in [3.8, 4) is 5.75 Å². The molecule has 2 atom stereocenters. The standard InChI is InChI=1S/C19H19NO6/c1-25-13-6-4-5-12(9-13)16(21)11-26-17(22)10-20-18(23)14-7-2-3-8-15(14)19(20)24/h2-6,9,14-15H,7-8,10-11H2,1H3/t14-,15-/m1/s1. The molecular weight excluding hydrogens is 338 g/mol. The van der Waals surface area contributed by atoms with Gasteiger partial charge in [0.15, 0.2) is 12.4 Å². The van der Waals surface area contributed by atoms with Crippen molar-refractivity contribution in [2.45, 2.75) is 12.8 Å². The van der Waals surface area contributed by atoms with Crippen LogP contribution in [0.25, 0.3) is 0 Å². The first-order valence-corrected chi connectivity index (χ1v) is 8.34. The molecule has 1 aliphatic heterocycles. The second-order valence-corrected chi connectivity index (χ2v) is 6.23. The van der Waals surface area contributed by atoms with Crippen LogP contribution in [-0.2, 0) is 19.1 Å². The predicted molar refractivity (Wildman–Crippen MR) is 90.4 cm³/mol. The van der Waals surface area contributed by atoms with Crippen molar-refractivity contribution in [3.63, 3.8) is 0 Å². The molecule has 1 aliphatic carbocycles. The summed E-state index contributed by atoms with van der Waals surface area (Å²) in [6, 6.07) is 6.48. The maximum atomic E-state index is 12.3. The second kappa shape index (κ2) is 7.51. The molecule has 0 radical (unpaired) electrons. The van der Waals surface area contributed by atoms with E-state index in [0.29, 0.717) is 24.2 Å². The van der Waals surface area contributed by atoms with Gasteiger partial charge in [-0.1, -0.05) is 24.3 Å². The van der Waals surface area contributed by atoms with Crippen LogP contribution >= 0.6 is 0 Å². The predicted octanol–water partition coefficient (Wildman–Crippen LogP) is 1.37. The molecule has 7 heteroatoms. The Kier molecular flexibility index (Phi) is 5.16. The van der Waals surface area contributed by atoms with Gasteiger partial charge in [-0.05, 0) is 25.0 Å². The highest BCUT2D eigenvalue weighted by Crippen LogP contribution is 2.34. The summed E-state index contributed by atoms with van der Waals surface area (Å²) >= 11 is 0. The van der Waals surface area contributed by atoms with Gasteiger partial charge in [0, 0.05) is 5.56 Å². The van der Waals surface area contributed by atoms with Crippen molar-refractivity contribution in [3.05, 3.63) is 42.0 Å². The van der Waals surface area contributed by atoms with Gasteiger partial charge in [-0.15, -0.1) is 0 Å². The summed E-state index contributed by atoms with van der Waals surface area (Å²) in [6.45, 7) is -0.924. The van der Waals surface area contributed by atoms with Crippen LogP contribution in [0.5, 0.6) is 5.75 Å². The SMILES string of the molecule is COc1cccc(C(=O)COC(=O)CN2C(=O)[C@@H]3CC=CC[C@H]3C2=O)c1. The van der Waals surface area contributed by atoms with Crippen LogP contribution in [0.15, 0.2) is 36.4 Å². The van der Waals surface area contributed by atoms with E-state index >= 15 is 0 Å². The molecule has 3 rings (SSSR count). The minimum Gasteiger partial charge on any atom is -0.497 e. The second-order valence-electron chi connectivity index (χ2n) is 6.23. The van der Waals surface area contributed by atoms with Gasteiger partial charge in [0.2, 0.25) is 11.8 Å². The van der Waals surface area contributed by atoms with E-state index in [1.54, 1.807) is 24.3 Å². The third-order valence-electron chi connectivity index (χ3n) is 4.64. The van der Waals surface area contributed by atoms with Crippen LogP contribution in [0.3, 0.4) is 0 Å². The molecule has 0 N–H and O–H groups in total. The fraction of sp³-hybridized carbons (Fsp3) is 0.368. The smallest absolute Gasteiger partial charge is 0.326 e. The number of allylic oxidation sites excluding steroid dienone is 2. The summed E-state index contributed by atoms with van der Waals surface area (Å²) in [5.41, 5.74) is 0.350. The number of ether oxygens (including phenoxy) is 2. The normalized spacial score (nSPS) is 21.5. The zero-order valence-corrected chi connectivity index (χ0v) is 14.3. The zero-order chi connectivity index (χ0) is 18.7. The van der Waals surface area contributed by atoms with E-state index in [9.17, 15) is 19.2 Å². The summed E-state index contributed by atoms with van der Waals surface area (Å²) in [7, 11) is 1.49. The Morgan fingerprint density at radius 3 is 2.38 bits per heavy atom. The number of methoxy groups -OCH3 is 1. The number of Topliss-reactive ketones (excluding diaryl/α,β-unsaturated/α-hetero) is 1. The topological polar surface area (TPSA) is 90.0 Å². The molecule has 0 saturated carbocycles. The molecule has 0 unspecified atom stereocenters. The van der Waals surface area contributed by atoms with E-state index in [-0.39, 0.29) is 11.8 Å². The molecule has 0 bridgehead atoms. The Hall–Kier alpha value is -2.96. The maximum Gasteiger partial charge on any atom is 0.326 e. The van der Waals surface area contributed by atoms with Gasteiger partial charge in [0.05, 0.1) is 18.9 Å². The van der Waals surface area contributed by atoms with Crippen LogP contribution < -0.4 is 4.74 Å². The molecule has 1 heterocycles. The van der Waals surface area contributed by atoms with Crippen LogP contribution in [0.1, 0.15) is 23.2 Å². The van der Waals surface area contributed by atoms with Crippen LogP contribution in [-0.4, -0.2) is 48.7 Å². The number of rotatable bonds is 6. The maximum absolute atomic E-state index is 12.3. The molecule has 0 aromatic heterocycles. The quantitative estimate of drug-likeness (QED) is 0.331. The zero-order valence-electron chi connectivity index (χ0n) is 14.3. The van der Waals surface area contributed by atoms with Crippen molar-refractivity contribution in [1.82, 2.24) is 4.90 Å².